The molecule has 0 radical (unpaired) electrons. The summed E-state index contributed by atoms with van der Waals surface area (Å²) in [6, 6.07) is 0. The van der Waals surface area contributed by atoms with Crippen molar-refractivity contribution in [3.63, 3.8) is 0 Å². The van der Waals surface area contributed by atoms with Gasteiger partial charge in [0, 0.05) is 13.1 Å². The van der Waals surface area contributed by atoms with Crippen LogP contribution in [0.2, 0.25) is 0 Å². The molecule has 0 aromatic heterocycles. The van der Waals surface area contributed by atoms with Gasteiger partial charge in [-0.05, 0) is 31.0 Å². The van der Waals surface area contributed by atoms with Crippen LogP contribution in [0.25, 0.3) is 0 Å². The van der Waals surface area contributed by atoms with Gasteiger partial charge in [0.25, 0.3) is 0 Å². The van der Waals surface area contributed by atoms with Gasteiger partial charge in [-0.1, -0.05) is 11.1 Å². The highest BCUT2D eigenvalue weighted by molar-refractivity contribution is 6.13. The van der Waals surface area contributed by atoms with Crippen molar-refractivity contribution in [2.24, 2.45) is 0 Å². The van der Waals surface area contributed by atoms with Gasteiger partial charge in [-0.2, -0.15) is 0 Å². The van der Waals surface area contributed by atoms with Gasteiger partial charge in [-0.3, -0.25) is 0 Å². The molecule has 0 unspecified atom stereocenters. The first-order valence-electron chi connectivity index (χ1n) is 3.47. The van der Waals surface area contributed by atoms with E-state index in [9.17, 15) is 0 Å². The first-order valence-corrected chi connectivity index (χ1v) is 3.80. The Balaban J connectivity index is 2.15. The minimum Gasteiger partial charge on any atom is -0.212 e. The predicted molar refractivity (Wildman–Crippen MR) is 38.3 cm³/mol. The molecule has 0 saturated heterocycles. The predicted octanol–water partition coefficient (Wildman–Crippen LogP) is 1.94. The summed E-state index contributed by atoms with van der Waals surface area (Å²) >= 11 is 5.81. The fourth-order valence-corrected chi connectivity index (χ4v) is 2.01. The van der Waals surface area contributed by atoms with Crippen LogP contribution in [0, 0.1) is 0 Å². The maximum absolute atomic E-state index is 5.81. The van der Waals surface area contributed by atoms with Crippen molar-refractivity contribution >= 4 is 11.8 Å². The van der Waals surface area contributed by atoms with Crippen LogP contribution in [0.15, 0.2) is 11.1 Å². The van der Waals surface area contributed by atoms with Crippen LogP contribution in [0.4, 0.5) is 0 Å². The first-order chi connectivity index (χ1) is 4.36. The molecule has 0 aromatic rings. The molecule has 50 valence electrons. The Labute approximate surface area is 60.4 Å². The zero-order chi connectivity index (χ0) is 6.27. The number of hydrogen-bond acceptors (Lipinski definition) is 1. The number of halogens is 1. The topological polar surface area (TPSA) is 3.24 Å². The van der Waals surface area contributed by atoms with Crippen LogP contribution in [0.5, 0.6) is 0 Å². The highest BCUT2D eigenvalue weighted by atomic mass is 35.5. The van der Waals surface area contributed by atoms with E-state index >= 15 is 0 Å². The van der Waals surface area contributed by atoms with Crippen LogP contribution < -0.4 is 0 Å². The largest absolute Gasteiger partial charge is 0.212 e. The zero-order valence-electron chi connectivity index (χ0n) is 5.36. The molecule has 1 aliphatic heterocycles. The number of rotatable bonds is 0. The summed E-state index contributed by atoms with van der Waals surface area (Å²) in [4.78, 5) is 0. The van der Waals surface area contributed by atoms with E-state index in [-0.39, 0.29) is 0 Å². The standard InChI is InChI=1S/C7H10ClN/c8-9-4-6-2-1-3-7(6)5-9/h1-5H2. The van der Waals surface area contributed by atoms with Crippen LogP contribution in [-0.2, 0) is 0 Å². The molecular weight excluding hydrogens is 134 g/mol. The molecule has 2 heteroatoms. The van der Waals surface area contributed by atoms with E-state index in [1.807, 2.05) is 4.42 Å². The lowest BCUT2D eigenvalue weighted by atomic mass is 10.2. The van der Waals surface area contributed by atoms with Gasteiger partial charge in [-0.25, -0.2) is 4.42 Å². The summed E-state index contributed by atoms with van der Waals surface area (Å²) in [5.74, 6) is 0. The molecule has 0 fully saturated rings. The summed E-state index contributed by atoms with van der Waals surface area (Å²) in [6.07, 6.45) is 3.98. The maximum Gasteiger partial charge on any atom is 0.0355 e. The Hall–Kier alpha value is -0.0100. The van der Waals surface area contributed by atoms with Gasteiger partial charge in [0.15, 0.2) is 0 Å². The Kier molecular flexibility index (Phi) is 1.27. The third-order valence-electron chi connectivity index (χ3n) is 2.18. The van der Waals surface area contributed by atoms with E-state index in [1.165, 1.54) is 19.3 Å². The third-order valence-corrected chi connectivity index (χ3v) is 2.42. The van der Waals surface area contributed by atoms with Gasteiger partial charge < -0.3 is 0 Å². The van der Waals surface area contributed by atoms with Crippen molar-refractivity contribution < 1.29 is 0 Å². The van der Waals surface area contributed by atoms with Crippen molar-refractivity contribution in [3.8, 4) is 0 Å². The van der Waals surface area contributed by atoms with Gasteiger partial charge >= 0.3 is 0 Å². The summed E-state index contributed by atoms with van der Waals surface area (Å²) in [7, 11) is 0. The minimum absolute atomic E-state index is 1.02. The van der Waals surface area contributed by atoms with Gasteiger partial charge in [0.05, 0.1) is 0 Å². The van der Waals surface area contributed by atoms with E-state index in [1.54, 1.807) is 11.1 Å². The highest BCUT2D eigenvalue weighted by Crippen LogP contribution is 2.32. The van der Waals surface area contributed by atoms with E-state index in [2.05, 4.69) is 0 Å². The lowest BCUT2D eigenvalue weighted by Gasteiger charge is -2.04. The average molecular weight is 144 g/mol. The molecule has 0 spiro atoms. The maximum atomic E-state index is 5.81. The van der Waals surface area contributed by atoms with Crippen molar-refractivity contribution in [2.75, 3.05) is 13.1 Å². The van der Waals surface area contributed by atoms with Crippen LogP contribution >= 0.6 is 11.8 Å². The fourth-order valence-electron chi connectivity index (χ4n) is 1.72. The number of hydrogen-bond donors (Lipinski definition) is 0. The Bertz CT molecular complexity index is 146. The van der Waals surface area contributed by atoms with Crippen molar-refractivity contribution in [1.29, 1.82) is 0 Å². The van der Waals surface area contributed by atoms with E-state index in [0.717, 1.165) is 13.1 Å². The molecular formula is C7H10ClN. The lowest BCUT2D eigenvalue weighted by molar-refractivity contribution is 0.551. The molecule has 1 heterocycles. The van der Waals surface area contributed by atoms with E-state index < -0.39 is 0 Å². The highest BCUT2D eigenvalue weighted by Gasteiger charge is 2.23. The Morgan fingerprint density at radius 2 is 1.67 bits per heavy atom. The van der Waals surface area contributed by atoms with Crippen LogP contribution in [-0.4, -0.2) is 17.5 Å². The molecule has 0 bridgehead atoms. The Morgan fingerprint density at radius 1 is 1.11 bits per heavy atom. The van der Waals surface area contributed by atoms with Gasteiger partial charge in [0.2, 0.25) is 0 Å². The van der Waals surface area contributed by atoms with Crippen molar-refractivity contribution in [3.05, 3.63) is 11.1 Å². The van der Waals surface area contributed by atoms with Crippen LogP contribution in [0.1, 0.15) is 19.3 Å². The molecule has 2 rings (SSSR count). The average Bonchev–Trinajstić information content (AvgIpc) is 2.22. The monoisotopic (exact) mass is 143 g/mol. The quantitative estimate of drug-likeness (QED) is 0.370. The molecule has 0 amide bonds. The second-order valence-corrected chi connectivity index (χ2v) is 3.32. The minimum atomic E-state index is 1.02. The molecule has 1 aliphatic carbocycles. The molecule has 0 atom stereocenters. The van der Waals surface area contributed by atoms with E-state index in [0.29, 0.717) is 0 Å². The molecule has 0 saturated carbocycles. The molecule has 1 nitrogen and oxygen atoms in total. The smallest absolute Gasteiger partial charge is 0.0355 e. The van der Waals surface area contributed by atoms with Crippen molar-refractivity contribution in [2.45, 2.75) is 19.3 Å². The van der Waals surface area contributed by atoms with Gasteiger partial charge in [0.1, 0.15) is 0 Å². The molecule has 9 heavy (non-hydrogen) atoms. The molecule has 0 aromatic carbocycles. The summed E-state index contributed by atoms with van der Waals surface area (Å²) in [5.41, 5.74) is 3.23. The van der Waals surface area contributed by atoms with E-state index in [4.69, 9.17) is 11.8 Å². The zero-order valence-corrected chi connectivity index (χ0v) is 6.12. The summed E-state index contributed by atoms with van der Waals surface area (Å²) in [6.45, 7) is 2.05. The lowest BCUT2D eigenvalue weighted by Crippen LogP contribution is -2.08. The Morgan fingerprint density at radius 3 is 2.22 bits per heavy atom. The number of nitrogens with zero attached hydrogens (tertiary/aromatic N) is 1. The third kappa shape index (κ3) is 0.886. The first kappa shape index (κ1) is 5.75. The second-order valence-electron chi connectivity index (χ2n) is 2.84. The van der Waals surface area contributed by atoms with Crippen LogP contribution in [0.3, 0.4) is 0 Å². The molecule has 2 aliphatic rings. The molecule has 0 N–H and O–H groups in total. The van der Waals surface area contributed by atoms with Gasteiger partial charge in [-0.15, -0.1) is 0 Å². The van der Waals surface area contributed by atoms with Crippen molar-refractivity contribution in [1.82, 2.24) is 4.42 Å². The normalized spacial score (nSPS) is 27.7. The second kappa shape index (κ2) is 1.99. The SMILES string of the molecule is ClN1CC2=C(CCC2)C1. The summed E-state index contributed by atoms with van der Waals surface area (Å²) in [5, 5.41) is 0. The summed E-state index contributed by atoms with van der Waals surface area (Å²) < 4.78 is 1.88. The fraction of sp³-hybridized carbons (Fsp3) is 0.714.